The summed E-state index contributed by atoms with van der Waals surface area (Å²) in [5, 5.41) is 8.91. The Morgan fingerprint density at radius 1 is 1.32 bits per heavy atom. The minimum absolute atomic E-state index is 0.151. The average Bonchev–Trinajstić information content (AvgIpc) is 2.39. The van der Waals surface area contributed by atoms with Crippen LogP contribution in [0.15, 0.2) is 18.2 Å². The van der Waals surface area contributed by atoms with Gasteiger partial charge < -0.3 is 10.0 Å². The number of piperazine rings is 1. The molecule has 1 heterocycles. The van der Waals surface area contributed by atoms with E-state index in [0.717, 1.165) is 26.2 Å². The third kappa shape index (κ3) is 3.11. The van der Waals surface area contributed by atoms with Gasteiger partial charge in [0.1, 0.15) is 5.82 Å². The lowest BCUT2D eigenvalue weighted by atomic mass is 10.1. The molecule has 2 rings (SSSR count). The lowest BCUT2D eigenvalue weighted by Crippen LogP contribution is -2.47. The molecule has 0 radical (unpaired) electrons. The first kappa shape index (κ1) is 14.0. The second-order valence-electron chi connectivity index (χ2n) is 4.74. The molecule has 1 saturated heterocycles. The lowest BCUT2D eigenvalue weighted by Gasteiger charge is -2.36. The Hall–Kier alpha value is -1.46. The monoisotopic (exact) mass is 266 g/mol. The Bertz CT molecular complexity index is 457. The summed E-state index contributed by atoms with van der Waals surface area (Å²) < 4.78 is 13.8. The maximum Gasteiger partial charge on any atom is 0.164 e. The summed E-state index contributed by atoms with van der Waals surface area (Å²) in [6, 6.07) is 4.75. The van der Waals surface area contributed by atoms with Crippen LogP contribution in [0.25, 0.3) is 0 Å². The molecule has 4 nitrogen and oxygen atoms in total. The van der Waals surface area contributed by atoms with Crippen molar-refractivity contribution in [3.05, 3.63) is 29.6 Å². The van der Waals surface area contributed by atoms with Crippen LogP contribution in [0.3, 0.4) is 0 Å². The highest BCUT2D eigenvalue weighted by Crippen LogP contribution is 2.24. The molecule has 1 aromatic carbocycles. The summed E-state index contributed by atoms with van der Waals surface area (Å²) in [7, 11) is 0. The third-order valence-corrected chi connectivity index (χ3v) is 3.47. The number of benzene rings is 1. The van der Waals surface area contributed by atoms with E-state index in [1.54, 1.807) is 12.1 Å². The number of aliphatic hydroxyl groups excluding tert-OH is 1. The summed E-state index contributed by atoms with van der Waals surface area (Å²) in [6.45, 7) is 5.31. The summed E-state index contributed by atoms with van der Waals surface area (Å²) in [5.74, 6) is -0.700. The van der Waals surface area contributed by atoms with Crippen LogP contribution < -0.4 is 4.90 Å². The number of carbonyl (C=O) groups is 1. The second kappa shape index (κ2) is 6.12. The minimum Gasteiger partial charge on any atom is -0.395 e. The molecule has 104 valence electrons. The fourth-order valence-corrected chi connectivity index (χ4v) is 2.48. The molecule has 0 atom stereocenters. The lowest BCUT2D eigenvalue weighted by molar-refractivity contribution is 0.101. The summed E-state index contributed by atoms with van der Waals surface area (Å²) in [4.78, 5) is 15.8. The molecular weight excluding hydrogens is 247 g/mol. The second-order valence-corrected chi connectivity index (χ2v) is 4.74. The number of hydrogen-bond donors (Lipinski definition) is 1. The van der Waals surface area contributed by atoms with Gasteiger partial charge in [0.15, 0.2) is 5.78 Å². The van der Waals surface area contributed by atoms with Crippen molar-refractivity contribution in [2.24, 2.45) is 0 Å². The predicted molar refractivity (Wildman–Crippen MR) is 72.1 cm³/mol. The fraction of sp³-hybridized carbons (Fsp3) is 0.500. The number of rotatable bonds is 4. The molecule has 1 fully saturated rings. The standard InChI is InChI=1S/C14H19FN2O2/c1-11(19)14-12(15)3-2-4-13(14)17-7-5-16(6-8-17)9-10-18/h2-4,18H,5-10H2,1H3. The first-order valence-electron chi connectivity index (χ1n) is 6.51. The van der Waals surface area contributed by atoms with Gasteiger partial charge in [0, 0.05) is 32.7 Å². The molecule has 1 aliphatic rings. The summed E-state index contributed by atoms with van der Waals surface area (Å²) in [6.07, 6.45) is 0. The Kier molecular flexibility index (Phi) is 4.50. The number of anilines is 1. The van der Waals surface area contributed by atoms with Gasteiger partial charge in [-0.15, -0.1) is 0 Å². The molecule has 1 aromatic rings. The maximum atomic E-state index is 13.8. The normalized spacial score (nSPS) is 16.7. The van der Waals surface area contributed by atoms with Crippen molar-refractivity contribution in [3.63, 3.8) is 0 Å². The van der Waals surface area contributed by atoms with Crippen molar-refractivity contribution >= 4 is 11.5 Å². The Morgan fingerprint density at radius 2 is 2.00 bits per heavy atom. The van der Waals surface area contributed by atoms with Gasteiger partial charge in [0.25, 0.3) is 0 Å². The van der Waals surface area contributed by atoms with Crippen LogP contribution in [0, 0.1) is 5.82 Å². The van der Waals surface area contributed by atoms with Crippen LogP contribution in [0.2, 0.25) is 0 Å². The molecule has 0 saturated carbocycles. The Labute approximate surface area is 112 Å². The van der Waals surface area contributed by atoms with E-state index in [-0.39, 0.29) is 18.0 Å². The van der Waals surface area contributed by atoms with Gasteiger partial charge in [0.05, 0.1) is 17.9 Å². The van der Waals surface area contributed by atoms with Crippen molar-refractivity contribution in [2.45, 2.75) is 6.92 Å². The quantitative estimate of drug-likeness (QED) is 0.830. The van der Waals surface area contributed by atoms with E-state index in [1.165, 1.54) is 13.0 Å². The van der Waals surface area contributed by atoms with E-state index < -0.39 is 5.82 Å². The van der Waals surface area contributed by atoms with E-state index in [4.69, 9.17) is 5.11 Å². The number of halogens is 1. The zero-order chi connectivity index (χ0) is 13.8. The van der Waals surface area contributed by atoms with Crippen molar-refractivity contribution < 1.29 is 14.3 Å². The Balaban J connectivity index is 2.15. The van der Waals surface area contributed by atoms with Gasteiger partial charge in [0.2, 0.25) is 0 Å². The molecule has 0 unspecified atom stereocenters. The topological polar surface area (TPSA) is 43.8 Å². The number of β-amino-alcohol motifs (C(OH)–C–C–N with tert-alkyl or cyclic N) is 1. The van der Waals surface area contributed by atoms with E-state index >= 15 is 0 Å². The maximum absolute atomic E-state index is 13.8. The van der Waals surface area contributed by atoms with Crippen LogP contribution in [0.5, 0.6) is 0 Å². The molecule has 0 amide bonds. The fourth-order valence-electron chi connectivity index (χ4n) is 2.48. The molecule has 0 aromatic heterocycles. The number of ketones is 1. The van der Waals surface area contributed by atoms with Crippen molar-refractivity contribution in [3.8, 4) is 0 Å². The first-order chi connectivity index (χ1) is 9.13. The summed E-state index contributed by atoms with van der Waals surface area (Å²) in [5.41, 5.74) is 0.856. The van der Waals surface area contributed by atoms with E-state index in [0.29, 0.717) is 12.2 Å². The molecule has 1 aliphatic heterocycles. The van der Waals surface area contributed by atoms with Crippen LogP contribution in [-0.4, -0.2) is 55.1 Å². The molecule has 19 heavy (non-hydrogen) atoms. The smallest absolute Gasteiger partial charge is 0.164 e. The number of hydrogen-bond acceptors (Lipinski definition) is 4. The highest BCUT2D eigenvalue weighted by Gasteiger charge is 2.21. The van der Waals surface area contributed by atoms with Crippen LogP contribution in [0.4, 0.5) is 10.1 Å². The number of carbonyl (C=O) groups excluding carboxylic acids is 1. The zero-order valence-electron chi connectivity index (χ0n) is 11.1. The molecule has 0 aliphatic carbocycles. The van der Waals surface area contributed by atoms with Crippen molar-refractivity contribution in [1.29, 1.82) is 0 Å². The van der Waals surface area contributed by atoms with Gasteiger partial charge >= 0.3 is 0 Å². The molecule has 5 heteroatoms. The zero-order valence-corrected chi connectivity index (χ0v) is 11.1. The molecular formula is C14H19FN2O2. The van der Waals surface area contributed by atoms with E-state index in [2.05, 4.69) is 4.90 Å². The summed E-state index contributed by atoms with van der Waals surface area (Å²) >= 11 is 0. The average molecular weight is 266 g/mol. The molecule has 0 spiro atoms. The van der Waals surface area contributed by atoms with Gasteiger partial charge in [-0.25, -0.2) is 4.39 Å². The van der Waals surface area contributed by atoms with Gasteiger partial charge in [-0.2, -0.15) is 0 Å². The van der Waals surface area contributed by atoms with E-state index in [1.807, 2.05) is 4.90 Å². The van der Waals surface area contributed by atoms with Crippen LogP contribution in [-0.2, 0) is 0 Å². The first-order valence-corrected chi connectivity index (χ1v) is 6.51. The SMILES string of the molecule is CC(=O)c1c(F)cccc1N1CCN(CCO)CC1. The molecule has 1 N–H and O–H groups in total. The highest BCUT2D eigenvalue weighted by molar-refractivity contribution is 6.00. The van der Waals surface area contributed by atoms with Crippen molar-refractivity contribution in [2.75, 3.05) is 44.2 Å². The predicted octanol–water partition coefficient (Wildman–Crippen LogP) is 1.14. The Morgan fingerprint density at radius 3 is 2.58 bits per heavy atom. The number of aliphatic hydroxyl groups is 1. The van der Waals surface area contributed by atoms with Crippen molar-refractivity contribution in [1.82, 2.24) is 4.90 Å². The van der Waals surface area contributed by atoms with Gasteiger partial charge in [-0.05, 0) is 19.1 Å². The van der Waals surface area contributed by atoms with Gasteiger partial charge in [-0.3, -0.25) is 9.69 Å². The van der Waals surface area contributed by atoms with Crippen LogP contribution >= 0.6 is 0 Å². The highest BCUT2D eigenvalue weighted by atomic mass is 19.1. The largest absolute Gasteiger partial charge is 0.395 e. The molecule has 0 bridgehead atoms. The third-order valence-electron chi connectivity index (χ3n) is 3.47. The van der Waals surface area contributed by atoms with E-state index in [9.17, 15) is 9.18 Å². The van der Waals surface area contributed by atoms with Crippen LogP contribution in [0.1, 0.15) is 17.3 Å². The number of nitrogens with zero attached hydrogens (tertiary/aromatic N) is 2. The minimum atomic E-state index is -0.456. The van der Waals surface area contributed by atoms with Gasteiger partial charge in [-0.1, -0.05) is 6.07 Å². The number of Topliss-reactive ketones (excluding diaryl/α,β-unsaturated/α-hetero) is 1.